The van der Waals surface area contributed by atoms with Crippen LogP contribution in [-0.4, -0.2) is 4.98 Å². The second-order valence-electron chi connectivity index (χ2n) is 4.24. The minimum absolute atomic E-state index is 0.646. The van der Waals surface area contributed by atoms with E-state index < -0.39 is 0 Å². The van der Waals surface area contributed by atoms with E-state index in [-0.39, 0.29) is 0 Å². The second-order valence-corrected chi connectivity index (χ2v) is 5.56. The highest BCUT2D eigenvalue weighted by Crippen LogP contribution is 2.30. The number of nitrogens with one attached hydrogen (secondary N) is 2. The highest BCUT2D eigenvalue weighted by molar-refractivity contribution is 8.00. The number of hydrogen-bond donors (Lipinski definition) is 2. The summed E-state index contributed by atoms with van der Waals surface area (Å²) in [6.07, 6.45) is 1.88. The molecule has 0 aliphatic heterocycles. The molecule has 98 valence electrons. The molecule has 1 heterocycles. The van der Waals surface area contributed by atoms with E-state index in [1.54, 1.807) is 6.07 Å². The Hall–Kier alpha value is -2.09. The van der Waals surface area contributed by atoms with Crippen molar-refractivity contribution in [2.75, 3.05) is 4.72 Å². The molecular weight excluding hydrogens is 290 g/mol. The SMILES string of the molecule is N#Cc1cccc(SNc2cc(Cl)cc3cc[nH]c23)c1. The molecule has 0 aliphatic carbocycles. The third kappa shape index (κ3) is 2.60. The van der Waals surface area contributed by atoms with Crippen molar-refractivity contribution in [2.24, 2.45) is 0 Å². The second kappa shape index (κ2) is 5.49. The first-order chi connectivity index (χ1) is 9.76. The van der Waals surface area contributed by atoms with Crippen LogP contribution in [0.2, 0.25) is 5.02 Å². The van der Waals surface area contributed by atoms with Crippen molar-refractivity contribution >= 4 is 40.1 Å². The van der Waals surface area contributed by atoms with Gasteiger partial charge in [-0.1, -0.05) is 17.7 Å². The molecule has 3 nitrogen and oxygen atoms in total. The summed E-state index contributed by atoms with van der Waals surface area (Å²) in [5, 5.41) is 10.6. The van der Waals surface area contributed by atoms with E-state index in [1.165, 1.54) is 11.9 Å². The van der Waals surface area contributed by atoms with Gasteiger partial charge in [0.2, 0.25) is 0 Å². The van der Waals surface area contributed by atoms with E-state index >= 15 is 0 Å². The summed E-state index contributed by atoms with van der Waals surface area (Å²) in [6, 6.07) is 15.3. The average Bonchev–Trinajstić information content (AvgIpc) is 2.93. The fourth-order valence-electron chi connectivity index (χ4n) is 1.96. The van der Waals surface area contributed by atoms with Gasteiger partial charge in [0, 0.05) is 21.5 Å². The quantitative estimate of drug-likeness (QED) is 0.682. The predicted molar refractivity (Wildman–Crippen MR) is 83.9 cm³/mol. The van der Waals surface area contributed by atoms with E-state index in [0.29, 0.717) is 10.6 Å². The minimum Gasteiger partial charge on any atom is -0.359 e. The van der Waals surface area contributed by atoms with Crippen LogP contribution in [-0.2, 0) is 0 Å². The molecule has 0 fully saturated rings. The van der Waals surface area contributed by atoms with Crippen molar-refractivity contribution in [1.82, 2.24) is 4.98 Å². The fourth-order valence-corrected chi connectivity index (χ4v) is 2.91. The van der Waals surface area contributed by atoms with E-state index in [0.717, 1.165) is 21.5 Å². The molecule has 0 radical (unpaired) electrons. The zero-order chi connectivity index (χ0) is 13.9. The van der Waals surface area contributed by atoms with Gasteiger partial charge in [0.05, 0.1) is 22.8 Å². The molecule has 3 aromatic rings. The van der Waals surface area contributed by atoms with Crippen LogP contribution in [0.15, 0.2) is 53.6 Å². The van der Waals surface area contributed by atoms with E-state index in [2.05, 4.69) is 15.8 Å². The van der Waals surface area contributed by atoms with Gasteiger partial charge >= 0.3 is 0 Å². The molecule has 3 rings (SSSR count). The van der Waals surface area contributed by atoms with E-state index in [1.807, 2.05) is 42.6 Å². The number of aromatic amines is 1. The molecular formula is C15H10ClN3S. The Morgan fingerprint density at radius 3 is 2.95 bits per heavy atom. The predicted octanol–water partition coefficient (Wildman–Crippen LogP) is 4.81. The van der Waals surface area contributed by atoms with Crippen molar-refractivity contribution in [1.29, 1.82) is 5.26 Å². The van der Waals surface area contributed by atoms with Crippen LogP contribution in [0.5, 0.6) is 0 Å². The summed E-state index contributed by atoms with van der Waals surface area (Å²) in [7, 11) is 0. The molecule has 0 saturated carbocycles. The first kappa shape index (κ1) is 12.9. The fraction of sp³-hybridized carbons (Fsp3) is 0. The first-order valence-electron chi connectivity index (χ1n) is 5.96. The Morgan fingerprint density at radius 1 is 1.20 bits per heavy atom. The Balaban J connectivity index is 1.86. The van der Waals surface area contributed by atoms with Crippen molar-refractivity contribution in [3.63, 3.8) is 0 Å². The number of nitriles is 1. The van der Waals surface area contributed by atoms with Crippen LogP contribution in [0.3, 0.4) is 0 Å². The Morgan fingerprint density at radius 2 is 2.10 bits per heavy atom. The molecule has 2 aromatic carbocycles. The number of fused-ring (bicyclic) bond motifs is 1. The van der Waals surface area contributed by atoms with Gasteiger partial charge in [-0.05, 0) is 48.3 Å². The van der Waals surface area contributed by atoms with Gasteiger partial charge in [-0.3, -0.25) is 0 Å². The molecule has 0 amide bonds. The Kier molecular flexibility index (Phi) is 3.55. The summed E-state index contributed by atoms with van der Waals surface area (Å²) in [6.45, 7) is 0. The van der Waals surface area contributed by atoms with Crippen LogP contribution in [0, 0.1) is 11.3 Å². The lowest BCUT2D eigenvalue weighted by molar-refractivity contribution is 1.40. The smallest absolute Gasteiger partial charge is 0.0992 e. The number of halogens is 1. The van der Waals surface area contributed by atoms with Crippen molar-refractivity contribution in [3.8, 4) is 6.07 Å². The van der Waals surface area contributed by atoms with Gasteiger partial charge in [0.15, 0.2) is 0 Å². The third-order valence-electron chi connectivity index (χ3n) is 2.87. The third-order valence-corrected chi connectivity index (χ3v) is 3.90. The van der Waals surface area contributed by atoms with E-state index in [9.17, 15) is 0 Å². The number of H-pyrrole nitrogens is 1. The van der Waals surface area contributed by atoms with Crippen molar-refractivity contribution in [2.45, 2.75) is 4.90 Å². The largest absolute Gasteiger partial charge is 0.359 e. The van der Waals surface area contributed by atoms with Gasteiger partial charge in [-0.25, -0.2) is 0 Å². The number of benzene rings is 2. The van der Waals surface area contributed by atoms with Crippen molar-refractivity contribution in [3.05, 3.63) is 59.2 Å². The summed E-state index contributed by atoms with van der Waals surface area (Å²) < 4.78 is 3.27. The van der Waals surface area contributed by atoms with Crippen LogP contribution in [0.25, 0.3) is 10.9 Å². The molecule has 0 aliphatic rings. The maximum atomic E-state index is 8.90. The lowest BCUT2D eigenvalue weighted by Crippen LogP contribution is -1.89. The number of rotatable bonds is 3. The molecule has 0 unspecified atom stereocenters. The van der Waals surface area contributed by atoms with Crippen LogP contribution in [0.4, 0.5) is 5.69 Å². The molecule has 20 heavy (non-hydrogen) atoms. The topological polar surface area (TPSA) is 51.6 Å². The van der Waals surface area contributed by atoms with Gasteiger partial charge in [-0.15, -0.1) is 0 Å². The normalized spacial score (nSPS) is 10.4. The summed E-state index contributed by atoms with van der Waals surface area (Å²) >= 11 is 7.55. The zero-order valence-corrected chi connectivity index (χ0v) is 11.9. The number of hydrogen-bond acceptors (Lipinski definition) is 3. The molecule has 1 aromatic heterocycles. The number of nitrogens with zero attached hydrogens (tertiary/aromatic N) is 1. The molecule has 0 atom stereocenters. The standard InChI is InChI=1S/C15H10ClN3S/c16-12-7-11-4-5-18-15(11)14(8-12)19-20-13-3-1-2-10(6-13)9-17/h1-8,18-19H. The maximum absolute atomic E-state index is 8.90. The summed E-state index contributed by atoms with van der Waals surface area (Å²) in [5.74, 6) is 0. The number of aromatic nitrogens is 1. The molecule has 0 bridgehead atoms. The Labute approximate surface area is 125 Å². The van der Waals surface area contributed by atoms with Gasteiger partial charge in [0.1, 0.15) is 0 Å². The highest BCUT2D eigenvalue weighted by Gasteiger charge is 2.05. The van der Waals surface area contributed by atoms with Gasteiger partial charge in [-0.2, -0.15) is 5.26 Å². The van der Waals surface area contributed by atoms with Crippen LogP contribution >= 0.6 is 23.5 Å². The summed E-state index contributed by atoms with van der Waals surface area (Å²) in [4.78, 5) is 4.16. The lowest BCUT2D eigenvalue weighted by atomic mass is 10.2. The monoisotopic (exact) mass is 299 g/mol. The molecule has 2 N–H and O–H groups in total. The van der Waals surface area contributed by atoms with E-state index in [4.69, 9.17) is 16.9 Å². The lowest BCUT2D eigenvalue weighted by Gasteiger charge is -2.08. The molecule has 0 spiro atoms. The maximum Gasteiger partial charge on any atom is 0.0992 e. The minimum atomic E-state index is 0.646. The zero-order valence-electron chi connectivity index (χ0n) is 10.4. The van der Waals surface area contributed by atoms with Gasteiger partial charge < -0.3 is 9.71 Å². The van der Waals surface area contributed by atoms with Crippen LogP contribution < -0.4 is 4.72 Å². The molecule has 0 saturated heterocycles. The van der Waals surface area contributed by atoms with Crippen LogP contribution in [0.1, 0.15) is 5.56 Å². The first-order valence-corrected chi connectivity index (χ1v) is 7.15. The van der Waals surface area contributed by atoms with Crippen molar-refractivity contribution < 1.29 is 0 Å². The number of anilines is 1. The Bertz CT molecular complexity index is 804. The van der Waals surface area contributed by atoms with Gasteiger partial charge in [0.25, 0.3) is 0 Å². The summed E-state index contributed by atoms with van der Waals surface area (Å²) in [5.41, 5.74) is 2.58. The highest BCUT2D eigenvalue weighted by atomic mass is 35.5. The molecule has 5 heteroatoms. The average molecular weight is 300 g/mol.